The van der Waals surface area contributed by atoms with Crippen molar-refractivity contribution in [3.8, 4) is 0 Å². The van der Waals surface area contributed by atoms with Crippen LogP contribution in [0.15, 0.2) is 72.8 Å². The maximum atomic E-state index is 2.24. The normalized spacial score (nSPS) is 12.6. The van der Waals surface area contributed by atoms with E-state index in [1.807, 2.05) is 0 Å². The molecule has 94 valence electrons. The summed E-state index contributed by atoms with van der Waals surface area (Å²) in [5.41, 5.74) is 3.13. The number of fused-ring (bicyclic) bond motifs is 2. The van der Waals surface area contributed by atoms with Crippen LogP contribution in [0.3, 0.4) is 0 Å². The predicted octanol–water partition coefficient (Wildman–Crippen LogP) is 5.02. The summed E-state index contributed by atoms with van der Waals surface area (Å²) >= 11 is 0. The van der Waals surface area contributed by atoms with Crippen molar-refractivity contribution in [2.75, 3.05) is 0 Å². The molecule has 3 aromatic rings. The number of benzene rings is 3. The molecule has 0 nitrogen and oxygen atoms in total. The first-order chi connectivity index (χ1) is 9.43. The Morgan fingerprint density at radius 3 is 1.26 bits per heavy atom. The first-order valence-corrected chi connectivity index (χ1v) is 6.94. The molecule has 0 radical (unpaired) electrons. The van der Waals surface area contributed by atoms with Gasteiger partial charge in [-0.25, -0.2) is 0 Å². The standard InChI is InChI=1S/C10H8.C9H10/c1-2-6-10-8-4-3-7-9(10)5-1;1-2-5-9-7-3-6-8(9)4-1/h1-8H;1-2,4-5H,3,6-7H2. The molecule has 0 spiro atoms. The second-order valence-corrected chi connectivity index (χ2v) is 4.97. The van der Waals surface area contributed by atoms with Gasteiger partial charge < -0.3 is 0 Å². The SMILES string of the molecule is c1ccc2c(c1)CCC2.c1ccc2ccccc2c1. The van der Waals surface area contributed by atoms with Crippen LogP contribution >= 0.6 is 0 Å². The largest absolute Gasteiger partial charge is 0.0620 e. The molecular formula is C19H18. The molecule has 0 fully saturated rings. The highest BCUT2D eigenvalue weighted by molar-refractivity contribution is 5.81. The lowest BCUT2D eigenvalue weighted by Gasteiger charge is -1.93. The van der Waals surface area contributed by atoms with E-state index in [9.17, 15) is 0 Å². The summed E-state index contributed by atoms with van der Waals surface area (Å²) in [6.45, 7) is 0. The lowest BCUT2D eigenvalue weighted by atomic mass is 10.1. The molecular weight excluding hydrogens is 228 g/mol. The number of hydrogen-bond donors (Lipinski definition) is 0. The number of rotatable bonds is 0. The summed E-state index contributed by atoms with van der Waals surface area (Å²) in [7, 11) is 0. The predicted molar refractivity (Wildman–Crippen MR) is 82.4 cm³/mol. The van der Waals surface area contributed by atoms with E-state index in [0.29, 0.717) is 0 Å². The third kappa shape index (κ3) is 2.85. The van der Waals surface area contributed by atoms with Crippen LogP contribution in [0.25, 0.3) is 10.8 Å². The summed E-state index contributed by atoms with van der Waals surface area (Å²) in [5, 5.41) is 2.62. The lowest BCUT2D eigenvalue weighted by Crippen LogP contribution is -1.77. The molecule has 4 rings (SSSR count). The highest BCUT2D eigenvalue weighted by atomic mass is 14.1. The number of aryl methyl sites for hydroxylation is 2. The van der Waals surface area contributed by atoms with E-state index in [4.69, 9.17) is 0 Å². The van der Waals surface area contributed by atoms with Crippen LogP contribution in [-0.4, -0.2) is 0 Å². The maximum absolute atomic E-state index is 2.24. The number of hydrogen-bond acceptors (Lipinski definition) is 0. The van der Waals surface area contributed by atoms with Crippen molar-refractivity contribution < 1.29 is 0 Å². The molecule has 0 heteroatoms. The third-order valence-electron chi connectivity index (χ3n) is 3.67. The van der Waals surface area contributed by atoms with Crippen molar-refractivity contribution in [3.05, 3.63) is 83.9 Å². The van der Waals surface area contributed by atoms with Crippen LogP contribution in [-0.2, 0) is 12.8 Å². The van der Waals surface area contributed by atoms with Crippen molar-refractivity contribution >= 4 is 10.8 Å². The Balaban J connectivity index is 0.000000117. The molecule has 1 aliphatic rings. The van der Waals surface area contributed by atoms with Gasteiger partial charge in [-0.3, -0.25) is 0 Å². The molecule has 0 amide bonds. The summed E-state index contributed by atoms with van der Waals surface area (Å²) < 4.78 is 0. The summed E-state index contributed by atoms with van der Waals surface area (Å²) in [6.07, 6.45) is 3.96. The molecule has 0 atom stereocenters. The Bertz CT molecular complexity index is 579. The van der Waals surface area contributed by atoms with E-state index in [1.165, 1.54) is 30.0 Å². The zero-order valence-corrected chi connectivity index (χ0v) is 11.0. The molecule has 3 aromatic carbocycles. The van der Waals surface area contributed by atoms with E-state index in [-0.39, 0.29) is 0 Å². The molecule has 0 N–H and O–H groups in total. The fraction of sp³-hybridized carbons (Fsp3) is 0.158. The summed E-state index contributed by atoms with van der Waals surface area (Å²) in [5.74, 6) is 0. The van der Waals surface area contributed by atoms with Crippen LogP contribution in [0.1, 0.15) is 17.5 Å². The fourth-order valence-electron chi connectivity index (χ4n) is 2.65. The summed E-state index contributed by atoms with van der Waals surface area (Å²) in [6, 6.07) is 25.4. The molecule has 0 bridgehead atoms. The maximum Gasteiger partial charge on any atom is -0.0184 e. The van der Waals surface area contributed by atoms with E-state index in [1.54, 1.807) is 11.1 Å². The Labute approximate surface area is 114 Å². The monoisotopic (exact) mass is 246 g/mol. The van der Waals surface area contributed by atoms with E-state index >= 15 is 0 Å². The minimum atomic E-state index is 1.30. The van der Waals surface area contributed by atoms with Crippen LogP contribution in [0, 0.1) is 0 Å². The Hall–Kier alpha value is -2.08. The van der Waals surface area contributed by atoms with E-state index < -0.39 is 0 Å². The highest BCUT2D eigenvalue weighted by Gasteiger charge is 2.07. The van der Waals surface area contributed by atoms with Crippen molar-refractivity contribution in [1.82, 2.24) is 0 Å². The van der Waals surface area contributed by atoms with Gasteiger partial charge >= 0.3 is 0 Å². The minimum Gasteiger partial charge on any atom is -0.0620 e. The quantitative estimate of drug-likeness (QED) is 0.522. The minimum absolute atomic E-state index is 1.30. The van der Waals surface area contributed by atoms with Crippen molar-refractivity contribution in [2.24, 2.45) is 0 Å². The zero-order valence-electron chi connectivity index (χ0n) is 11.0. The molecule has 1 aliphatic carbocycles. The Morgan fingerprint density at radius 2 is 0.842 bits per heavy atom. The van der Waals surface area contributed by atoms with Gasteiger partial charge in [0.05, 0.1) is 0 Å². The summed E-state index contributed by atoms with van der Waals surface area (Å²) in [4.78, 5) is 0. The Kier molecular flexibility index (Phi) is 3.60. The van der Waals surface area contributed by atoms with E-state index in [0.717, 1.165) is 0 Å². The highest BCUT2D eigenvalue weighted by Crippen LogP contribution is 2.20. The van der Waals surface area contributed by atoms with Gasteiger partial charge in [0, 0.05) is 0 Å². The van der Waals surface area contributed by atoms with Crippen LogP contribution in [0.4, 0.5) is 0 Å². The lowest BCUT2D eigenvalue weighted by molar-refractivity contribution is 0.912. The molecule has 0 saturated carbocycles. The molecule has 0 saturated heterocycles. The average Bonchev–Trinajstić information content (AvgIpc) is 2.96. The molecule has 0 heterocycles. The molecule has 0 aromatic heterocycles. The van der Waals surface area contributed by atoms with Crippen molar-refractivity contribution in [3.63, 3.8) is 0 Å². The molecule has 0 aliphatic heterocycles. The van der Waals surface area contributed by atoms with Gasteiger partial charge in [0.1, 0.15) is 0 Å². The second kappa shape index (κ2) is 5.71. The fourth-order valence-corrected chi connectivity index (χ4v) is 2.65. The van der Waals surface area contributed by atoms with Gasteiger partial charge in [-0.15, -0.1) is 0 Å². The average molecular weight is 246 g/mol. The van der Waals surface area contributed by atoms with Gasteiger partial charge in [0.15, 0.2) is 0 Å². The van der Waals surface area contributed by atoms with Gasteiger partial charge in [0.2, 0.25) is 0 Å². The third-order valence-corrected chi connectivity index (χ3v) is 3.67. The topological polar surface area (TPSA) is 0 Å². The first kappa shape index (κ1) is 12.0. The molecule has 19 heavy (non-hydrogen) atoms. The van der Waals surface area contributed by atoms with Gasteiger partial charge in [-0.2, -0.15) is 0 Å². The van der Waals surface area contributed by atoms with Gasteiger partial charge in [0.25, 0.3) is 0 Å². The van der Waals surface area contributed by atoms with Crippen molar-refractivity contribution in [1.29, 1.82) is 0 Å². The smallest absolute Gasteiger partial charge is 0.0184 e. The van der Waals surface area contributed by atoms with Crippen molar-refractivity contribution in [2.45, 2.75) is 19.3 Å². The van der Waals surface area contributed by atoms with Crippen LogP contribution in [0.2, 0.25) is 0 Å². The van der Waals surface area contributed by atoms with Crippen LogP contribution < -0.4 is 0 Å². The Morgan fingerprint density at radius 1 is 0.474 bits per heavy atom. The van der Waals surface area contributed by atoms with E-state index in [2.05, 4.69) is 72.8 Å². The second-order valence-electron chi connectivity index (χ2n) is 4.97. The molecule has 0 unspecified atom stereocenters. The zero-order chi connectivity index (χ0) is 12.9. The van der Waals surface area contributed by atoms with Gasteiger partial charge in [-0.05, 0) is 41.2 Å². The van der Waals surface area contributed by atoms with Gasteiger partial charge in [-0.1, -0.05) is 72.8 Å². The van der Waals surface area contributed by atoms with Crippen LogP contribution in [0.5, 0.6) is 0 Å². The first-order valence-electron chi connectivity index (χ1n) is 6.94.